The van der Waals surface area contributed by atoms with Crippen LogP contribution in [0.1, 0.15) is 44.9 Å². The van der Waals surface area contributed by atoms with Gasteiger partial charge in [0.15, 0.2) is 0 Å². The molecule has 3 nitrogen and oxygen atoms in total. The molecular weight excluding hydrogens is 190 g/mol. The summed E-state index contributed by atoms with van der Waals surface area (Å²) >= 11 is 0. The summed E-state index contributed by atoms with van der Waals surface area (Å²) in [5, 5.41) is 19.0. The van der Waals surface area contributed by atoms with Crippen molar-refractivity contribution < 1.29 is 10.2 Å². The fourth-order valence-corrected chi connectivity index (χ4v) is 3.28. The number of nitrogens with zero attached hydrogens (tertiary/aromatic N) is 1. The van der Waals surface area contributed by atoms with Crippen molar-refractivity contribution in [3.63, 3.8) is 0 Å². The molecule has 0 amide bonds. The summed E-state index contributed by atoms with van der Waals surface area (Å²) in [6.07, 6.45) is 8.17. The molecule has 0 aromatic rings. The quantitative estimate of drug-likeness (QED) is 0.736. The molecule has 0 spiro atoms. The standard InChI is InChI=1S/C12H23NO2/c14-9-8-13(10-4-1-2-5-10)11-6-3-7-12(11)15/h10-12,14-15H,1-9H2/t11-,12-/m0/s1. The zero-order valence-electron chi connectivity index (χ0n) is 9.44. The van der Waals surface area contributed by atoms with Crippen LogP contribution in [0.15, 0.2) is 0 Å². The molecule has 2 N–H and O–H groups in total. The fraction of sp³-hybridized carbons (Fsp3) is 1.00. The van der Waals surface area contributed by atoms with Crippen LogP contribution in [-0.4, -0.2) is 46.5 Å². The van der Waals surface area contributed by atoms with Crippen molar-refractivity contribution in [1.29, 1.82) is 0 Å². The summed E-state index contributed by atoms with van der Waals surface area (Å²) in [6, 6.07) is 0.940. The van der Waals surface area contributed by atoms with Crippen molar-refractivity contribution in [2.45, 2.75) is 63.1 Å². The Bertz CT molecular complexity index is 192. The molecule has 3 heteroatoms. The highest BCUT2D eigenvalue weighted by molar-refractivity contribution is 4.90. The van der Waals surface area contributed by atoms with Gasteiger partial charge in [-0.2, -0.15) is 0 Å². The lowest BCUT2D eigenvalue weighted by molar-refractivity contribution is 0.0331. The van der Waals surface area contributed by atoms with Crippen molar-refractivity contribution in [2.24, 2.45) is 0 Å². The number of rotatable bonds is 4. The van der Waals surface area contributed by atoms with E-state index in [9.17, 15) is 5.11 Å². The van der Waals surface area contributed by atoms with E-state index in [-0.39, 0.29) is 12.7 Å². The summed E-state index contributed by atoms with van der Waals surface area (Å²) in [5.74, 6) is 0. The first-order valence-electron chi connectivity index (χ1n) is 6.37. The highest BCUT2D eigenvalue weighted by atomic mass is 16.3. The van der Waals surface area contributed by atoms with Crippen LogP contribution in [0.2, 0.25) is 0 Å². The Morgan fingerprint density at radius 2 is 1.73 bits per heavy atom. The number of hydrogen-bond donors (Lipinski definition) is 2. The molecule has 2 aliphatic rings. The third-order valence-electron chi connectivity index (χ3n) is 4.02. The number of hydrogen-bond acceptors (Lipinski definition) is 3. The minimum absolute atomic E-state index is 0.155. The molecule has 2 fully saturated rings. The molecule has 0 aromatic heterocycles. The second kappa shape index (κ2) is 5.28. The van der Waals surface area contributed by atoms with Crippen LogP contribution in [-0.2, 0) is 0 Å². The third-order valence-corrected chi connectivity index (χ3v) is 4.02. The molecule has 0 heterocycles. The second-order valence-corrected chi connectivity index (χ2v) is 4.97. The van der Waals surface area contributed by atoms with Crippen LogP contribution in [0.4, 0.5) is 0 Å². The Kier molecular flexibility index (Phi) is 4.00. The molecular formula is C12H23NO2. The normalized spacial score (nSPS) is 33.0. The van der Waals surface area contributed by atoms with Crippen LogP contribution < -0.4 is 0 Å². The van der Waals surface area contributed by atoms with Gasteiger partial charge < -0.3 is 10.2 Å². The molecule has 0 saturated heterocycles. The third kappa shape index (κ3) is 2.52. The van der Waals surface area contributed by atoms with Gasteiger partial charge in [0.1, 0.15) is 0 Å². The molecule has 88 valence electrons. The fourth-order valence-electron chi connectivity index (χ4n) is 3.28. The SMILES string of the molecule is OCCN(C1CCCC1)[C@H]1CCC[C@@H]1O. The van der Waals surface area contributed by atoms with Gasteiger partial charge in [0.05, 0.1) is 12.7 Å². The number of aliphatic hydroxyl groups excluding tert-OH is 2. The maximum atomic E-state index is 9.92. The molecule has 0 unspecified atom stereocenters. The van der Waals surface area contributed by atoms with Crippen LogP contribution >= 0.6 is 0 Å². The Labute approximate surface area is 92.1 Å². The van der Waals surface area contributed by atoms with E-state index in [0.717, 1.165) is 25.8 Å². The zero-order valence-corrected chi connectivity index (χ0v) is 9.44. The molecule has 2 rings (SSSR count). The van der Waals surface area contributed by atoms with Crippen molar-refractivity contribution in [3.05, 3.63) is 0 Å². The molecule has 2 atom stereocenters. The average Bonchev–Trinajstić information content (AvgIpc) is 2.85. The van der Waals surface area contributed by atoms with E-state index in [1.165, 1.54) is 25.7 Å². The summed E-state index contributed by atoms with van der Waals surface area (Å²) in [4.78, 5) is 2.38. The van der Waals surface area contributed by atoms with Crippen LogP contribution in [0, 0.1) is 0 Å². The van der Waals surface area contributed by atoms with E-state index < -0.39 is 0 Å². The van der Waals surface area contributed by atoms with Crippen molar-refractivity contribution in [1.82, 2.24) is 4.90 Å². The zero-order chi connectivity index (χ0) is 10.7. The van der Waals surface area contributed by atoms with Gasteiger partial charge in [-0.1, -0.05) is 12.8 Å². The van der Waals surface area contributed by atoms with Crippen molar-refractivity contribution in [2.75, 3.05) is 13.2 Å². The van der Waals surface area contributed by atoms with Gasteiger partial charge in [0.2, 0.25) is 0 Å². The van der Waals surface area contributed by atoms with Gasteiger partial charge in [-0.15, -0.1) is 0 Å². The molecule has 15 heavy (non-hydrogen) atoms. The average molecular weight is 213 g/mol. The van der Waals surface area contributed by atoms with E-state index in [4.69, 9.17) is 5.11 Å². The van der Waals surface area contributed by atoms with Crippen molar-refractivity contribution in [3.8, 4) is 0 Å². The highest BCUT2D eigenvalue weighted by Gasteiger charge is 2.35. The molecule has 0 aromatic carbocycles. The van der Waals surface area contributed by atoms with Gasteiger partial charge in [-0.25, -0.2) is 0 Å². The lowest BCUT2D eigenvalue weighted by Gasteiger charge is -2.35. The summed E-state index contributed by atoms with van der Waals surface area (Å²) in [5.41, 5.74) is 0. The molecule has 0 aliphatic heterocycles. The van der Waals surface area contributed by atoms with Crippen LogP contribution in [0.3, 0.4) is 0 Å². The van der Waals surface area contributed by atoms with E-state index >= 15 is 0 Å². The molecule has 2 saturated carbocycles. The first kappa shape index (κ1) is 11.4. The molecule has 0 bridgehead atoms. The van der Waals surface area contributed by atoms with E-state index in [2.05, 4.69) is 4.90 Å². The second-order valence-electron chi connectivity index (χ2n) is 4.97. The lowest BCUT2D eigenvalue weighted by Crippen LogP contribution is -2.47. The summed E-state index contributed by atoms with van der Waals surface area (Å²) < 4.78 is 0. The monoisotopic (exact) mass is 213 g/mol. The maximum Gasteiger partial charge on any atom is 0.0695 e. The van der Waals surface area contributed by atoms with E-state index in [1.807, 2.05) is 0 Å². The molecule has 0 radical (unpaired) electrons. The van der Waals surface area contributed by atoms with Gasteiger partial charge in [0.25, 0.3) is 0 Å². The Morgan fingerprint density at radius 3 is 2.27 bits per heavy atom. The predicted molar refractivity (Wildman–Crippen MR) is 59.7 cm³/mol. The van der Waals surface area contributed by atoms with E-state index in [0.29, 0.717) is 12.1 Å². The highest BCUT2D eigenvalue weighted by Crippen LogP contribution is 2.31. The van der Waals surface area contributed by atoms with Gasteiger partial charge in [0, 0.05) is 18.6 Å². The van der Waals surface area contributed by atoms with E-state index in [1.54, 1.807) is 0 Å². The Hall–Kier alpha value is -0.120. The topological polar surface area (TPSA) is 43.7 Å². The first-order chi connectivity index (χ1) is 7.33. The first-order valence-corrected chi connectivity index (χ1v) is 6.37. The maximum absolute atomic E-state index is 9.92. The summed E-state index contributed by atoms with van der Waals surface area (Å²) in [7, 11) is 0. The lowest BCUT2D eigenvalue weighted by atomic mass is 10.1. The minimum atomic E-state index is -0.155. The van der Waals surface area contributed by atoms with Crippen LogP contribution in [0.5, 0.6) is 0 Å². The van der Waals surface area contributed by atoms with Gasteiger partial charge in [-0.05, 0) is 32.1 Å². The largest absolute Gasteiger partial charge is 0.395 e. The minimum Gasteiger partial charge on any atom is -0.395 e. The molecule has 2 aliphatic carbocycles. The van der Waals surface area contributed by atoms with Gasteiger partial charge in [-0.3, -0.25) is 4.90 Å². The summed E-state index contributed by atoms with van der Waals surface area (Å²) in [6.45, 7) is 0.964. The predicted octanol–water partition coefficient (Wildman–Crippen LogP) is 1.14. The Morgan fingerprint density at radius 1 is 1.00 bits per heavy atom. The van der Waals surface area contributed by atoms with Crippen LogP contribution in [0.25, 0.3) is 0 Å². The smallest absolute Gasteiger partial charge is 0.0695 e. The number of aliphatic hydroxyl groups is 2. The Balaban J connectivity index is 1.97. The van der Waals surface area contributed by atoms with Gasteiger partial charge >= 0.3 is 0 Å². The van der Waals surface area contributed by atoms with Crippen molar-refractivity contribution >= 4 is 0 Å².